The molecule has 1 heterocycles. The fraction of sp³-hybridized carbons (Fsp3) is 0.400. The zero-order valence-electron chi connectivity index (χ0n) is 5.21. The molecule has 1 aromatic rings. The van der Waals surface area contributed by atoms with Crippen molar-refractivity contribution >= 4 is 5.88 Å². The predicted octanol–water partition coefficient (Wildman–Crippen LogP) is 1.69. The monoisotopic (exact) mass is 126 g/mol. The summed E-state index contributed by atoms with van der Waals surface area (Å²) in [4.78, 5) is 9.86. The van der Waals surface area contributed by atoms with Crippen molar-refractivity contribution in [3.05, 3.63) is 16.2 Å². The van der Waals surface area contributed by atoms with Gasteiger partial charge in [-0.15, -0.1) is 4.91 Å². The molecule has 0 saturated heterocycles. The Morgan fingerprint density at radius 2 is 2.22 bits per heavy atom. The SMILES string of the molecule is Cc1noc(N=O)c1C. The first-order valence-corrected chi connectivity index (χ1v) is 2.52. The van der Waals surface area contributed by atoms with E-state index in [1.165, 1.54) is 0 Å². The second-order valence-corrected chi connectivity index (χ2v) is 1.79. The van der Waals surface area contributed by atoms with Gasteiger partial charge in [0.25, 0.3) is 5.88 Å². The normalized spacial score (nSPS) is 9.56. The van der Waals surface area contributed by atoms with E-state index in [1.807, 2.05) is 0 Å². The van der Waals surface area contributed by atoms with Crippen molar-refractivity contribution in [3.63, 3.8) is 0 Å². The van der Waals surface area contributed by atoms with Crippen molar-refractivity contribution in [1.82, 2.24) is 5.16 Å². The van der Waals surface area contributed by atoms with Crippen LogP contribution in [0.15, 0.2) is 9.70 Å². The summed E-state index contributed by atoms with van der Waals surface area (Å²) in [6, 6.07) is 0. The Morgan fingerprint density at radius 3 is 2.44 bits per heavy atom. The van der Waals surface area contributed by atoms with E-state index in [2.05, 4.69) is 14.9 Å². The van der Waals surface area contributed by atoms with E-state index in [0.717, 1.165) is 0 Å². The van der Waals surface area contributed by atoms with E-state index in [9.17, 15) is 4.91 Å². The van der Waals surface area contributed by atoms with Crippen molar-refractivity contribution in [2.75, 3.05) is 0 Å². The van der Waals surface area contributed by atoms with E-state index in [1.54, 1.807) is 13.8 Å². The number of rotatable bonds is 1. The maximum absolute atomic E-state index is 9.86. The van der Waals surface area contributed by atoms with Gasteiger partial charge >= 0.3 is 0 Å². The standard InChI is InChI=1S/C5H6N2O2/c1-3-4(2)7-9-5(3)6-8/h1-2H3. The van der Waals surface area contributed by atoms with Gasteiger partial charge in [-0.2, -0.15) is 0 Å². The van der Waals surface area contributed by atoms with Gasteiger partial charge in [0.1, 0.15) is 0 Å². The van der Waals surface area contributed by atoms with E-state index < -0.39 is 0 Å². The van der Waals surface area contributed by atoms with Gasteiger partial charge in [0, 0.05) is 10.7 Å². The van der Waals surface area contributed by atoms with E-state index in [-0.39, 0.29) is 5.88 Å². The molecule has 0 N–H and O–H groups in total. The van der Waals surface area contributed by atoms with E-state index >= 15 is 0 Å². The third-order valence-electron chi connectivity index (χ3n) is 1.22. The Morgan fingerprint density at radius 1 is 1.56 bits per heavy atom. The van der Waals surface area contributed by atoms with Gasteiger partial charge in [0.15, 0.2) is 0 Å². The smallest absolute Gasteiger partial charge is 0.293 e. The number of hydrogen-bond donors (Lipinski definition) is 0. The third-order valence-corrected chi connectivity index (χ3v) is 1.22. The molecule has 0 atom stereocenters. The molecule has 0 radical (unpaired) electrons. The minimum Gasteiger partial charge on any atom is -0.333 e. The fourth-order valence-corrected chi connectivity index (χ4v) is 0.489. The van der Waals surface area contributed by atoms with Crippen molar-refractivity contribution in [2.24, 2.45) is 5.18 Å². The number of hydrogen-bond acceptors (Lipinski definition) is 4. The van der Waals surface area contributed by atoms with Gasteiger partial charge in [-0.25, -0.2) is 0 Å². The highest BCUT2D eigenvalue weighted by molar-refractivity contribution is 5.35. The minimum absolute atomic E-state index is 0.0764. The lowest BCUT2D eigenvalue weighted by Gasteiger charge is -1.78. The Balaban J connectivity index is 3.18. The van der Waals surface area contributed by atoms with Crippen LogP contribution in [0.4, 0.5) is 5.88 Å². The van der Waals surface area contributed by atoms with Crippen LogP contribution >= 0.6 is 0 Å². The third kappa shape index (κ3) is 0.826. The lowest BCUT2D eigenvalue weighted by atomic mass is 10.3. The molecule has 0 amide bonds. The molecular formula is C5H6N2O2. The highest BCUT2D eigenvalue weighted by Gasteiger charge is 2.06. The Hall–Kier alpha value is -1.19. The summed E-state index contributed by atoms with van der Waals surface area (Å²) in [5.41, 5.74) is 1.43. The molecule has 4 nitrogen and oxygen atoms in total. The van der Waals surface area contributed by atoms with Crippen LogP contribution in [0, 0.1) is 18.8 Å². The number of nitroso groups, excluding NO2 is 1. The van der Waals surface area contributed by atoms with Gasteiger partial charge in [-0.1, -0.05) is 5.16 Å². The molecule has 0 spiro atoms. The van der Waals surface area contributed by atoms with Crippen LogP contribution in [-0.2, 0) is 0 Å². The van der Waals surface area contributed by atoms with Crippen LogP contribution in [0.1, 0.15) is 11.3 Å². The van der Waals surface area contributed by atoms with Crippen molar-refractivity contribution in [3.8, 4) is 0 Å². The second kappa shape index (κ2) is 1.97. The first kappa shape index (κ1) is 5.94. The number of aromatic nitrogens is 1. The molecule has 9 heavy (non-hydrogen) atoms. The average molecular weight is 126 g/mol. The highest BCUT2D eigenvalue weighted by atomic mass is 16.5. The van der Waals surface area contributed by atoms with Gasteiger partial charge in [-0.05, 0) is 13.8 Å². The second-order valence-electron chi connectivity index (χ2n) is 1.79. The fourth-order valence-electron chi connectivity index (χ4n) is 0.489. The molecule has 0 bridgehead atoms. The molecule has 0 saturated carbocycles. The number of aryl methyl sites for hydroxylation is 1. The van der Waals surface area contributed by atoms with Gasteiger partial charge in [0.05, 0.1) is 5.69 Å². The molecular weight excluding hydrogens is 120 g/mol. The van der Waals surface area contributed by atoms with Gasteiger partial charge < -0.3 is 4.52 Å². The summed E-state index contributed by atoms with van der Waals surface area (Å²) in [7, 11) is 0. The molecule has 0 aliphatic heterocycles. The van der Waals surface area contributed by atoms with E-state index in [0.29, 0.717) is 11.3 Å². The summed E-state index contributed by atoms with van der Waals surface area (Å²) < 4.78 is 4.52. The quantitative estimate of drug-likeness (QED) is 0.538. The molecule has 0 aliphatic carbocycles. The summed E-state index contributed by atoms with van der Waals surface area (Å²) in [6.07, 6.45) is 0. The average Bonchev–Trinajstić information content (AvgIpc) is 2.15. The zero-order valence-corrected chi connectivity index (χ0v) is 5.21. The van der Waals surface area contributed by atoms with Crippen molar-refractivity contribution in [2.45, 2.75) is 13.8 Å². The highest BCUT2D eigenvalue weighted by Crippen LogP contribution is 2.19. The molecule has 48 valence electrons. The molecule has 0 aliphatic rings. The molecule has 4 heteroatoms. The van der Waals surface area contributed by atoms with Crippen LogP contribution in [-0.4, -0.2) is 5.16 Å². The first-order valence-electron chi connectivity index (χ1n) is 2.52. The minimum atomic E-state index is 0.0764. The molecule has 0 aromatic carbocycles. The van der Waals surface area contributed by atoms with E-state index in [4.69, 9.17) is 0 Å². The largest absolute Gasteiger partial charge is 0.333 e. The lowest BCUT2D eigenvalue weighted by molar-refractivity contribution is 0.424. The Labute approximate surface area is 51.8 Å². The van der Waals surface area contributed by atoms with Crippen molar-refractivity contribution < 1.29 is 4.52 Å². The Bertz CT molecular complexity index is 229. The topological polar surface area (TPSA) is 55.5 Å². The van der Waals surface area contributed by atoms with Gasteiger partial charge in [0.2, 0.25) is 0 Å². The molecule has 1 rings (SSSR count). The summed E-state index contributed by atoms with van der Waals surface area (Å²) in [6.45, 7) is 3.50. The van der Waals surface area contributed by atoms with Crippen molar-refractivity contribution in [1.29, 1.82) is 0 Å². The molecule has 0 unspecified atom stereocenters. The first-order chi connectivity index (χ1) is 4.25. The molecule has 1 aromatic heterocycles. The predicted molar refractivity (Wildman–Crippen MR) is 31.4 cm³/mol. The molecule has 0 fully saturated rings. The van der Waals surface area contributed by atoms with Crippen LogP contribution in [0.3, 0.4) is 0 Å². The maximum atomic E-state index is 9.86. The zero-order chi connectivity index (χ0) is 6.85. The van der Waals surface area contributed by atoms with Crippen LogP contribution in [0.25, 0.3) is 0 Å². The summed E-state index contributed by atoms with van der Waals surface area (Å²) in [5, 5.41) is 6.13. The maximum Gasteiger partial charge on any atom is 0.293 e. The Kier molecular flexibility index (Phi) is 1.30. The van der Waals surface area contributed by atoms with Crippen LogP contribution < -0.4 is 0 Å². The summed E-state index contributed by atoms with van der Waals surface area (Å²) >= 11 is 0. The lowest BCUT2D eigenvalue weighted by Crippen LogP contribution is -1.70. The van der Waals surface area contributed by atoms with Crippen LogP contribution in [0.2, 0.25) is 0 Å². The summed E-state index contributed by atoms with van der Waals surface area (Å²) in [5.74, 6) is 0.0764. The van der Waals surface area contributed by atoms with Crippen LogP contribution in [0.5, 0.6) is 0 Å². The van der Waals surface area contributed by atoms with Gasteiger partial charge in [-0.3, -0.25) is 0 Å². The number of nitrogens with zero attached hydrogens (tertiary/aromatic N) is 2.